The van der Waals surface area contributed by atoms with Gasteiger partial charge < -0.3 is 9.47 Å². The first-order valence-corrected chi connectivity index (χ1v) is 8.35. The minimum absolute atomic E-state index is 0. The molecule has 0 atom stereocenters. The third-order valence-electron chi connectivity index (χ3n) is 2.42. The van der Waals surface area contributed by atoms with E-state index < -0.39 is 0 Å². The number of hydrogen-bond acceptors (Lipinski definition) is 5. The van der Waals surface area contributed by atoms with Crippen LogP contribution in [0, 0.1) is 25.7 Å². The van der Waals surface area contributed by atoms with Crippen LogP contribution in [0.25, 0.3) is 0 Å². The number of aryl methyl sites for hydroxylation is 2. The summed E-state index contributed by atoms with van der Waals surface area (Å²) in [7, 11) is 0. The van der Waals surface area contributed by atoms with Crippen LogP contribution < -0.4 is 9.47 Å². The summed E-state index contributed by atoms with van der Waals surface area (Å²) in [5, 5.41) is 6.76. The van der Waals surface area contributed by atoms with E-state index in [1.165, 1.54) is 16.4 Å². The number of aromatic amines is 1. The lowest BCUT2D eigenvalue weighted by molar-refractivity contribution is 0.261. The third kappa shape index (κ3) is 8.02. The molecule has 2 heterocycles. The van der Waals surface area contributed by atoms with Gasteiger partial charge in [-0.25, -0.2) is 0 Å². The van der Waals surface area contributed by atoms with Crippen molar-refractivity contribution >= 4 is 11.5 Å². The first kappa shape index (κ1) is 18.5. The first-order valence-electron chi connectivity index (χ1n) is 7.57. The number of ether oxygens (including phenoxy) is 2. The highest BCUT2D eigenvalue weighted by atomic mass is 32.1. The largest absolute Gasteiger partial charge is 0.477 e. The smallest absolute Gasteiger partial charge is 0.232 e. The van der Waals surface area contributed by atoms with Crippen molar-refractivity contribution in [3.63, 3.8) is 0 Å². The first-order chi connectivity index (χ1) is 10.4. The van der Waals surface area contributed by atoms with Crippen LogP contribution in [0.1, 0.15) is 39.7 Å². The van der Waals surface area contributed by atoms with Gasteiger partial charge >= 0.3 is 0 Å². The Morgan fingerprint density at radius 1 is 1.05 bits per heavy atom. The van der Waals surface area contributed by atoms with Crippen molar-refractivity contribution in [2.45, 2.75) is 41.5 Å². The molecule has 0 saturated carbocycles. The maximum absolute atomic E-state index is 5.39. The molecule has 0 unspecified atom stereocenters. The van der Waals surface area contributed by atoms with Gasteiger partial charge in [0.05, 0.1) is 13.2 Å². The van der Waals surface area contributed by atoms with Gasteiger partial charge in [0, 0.05) is 24.1 Å². The van der Waals surface area contributed by atoms with E-state index in [0.717, 1.165) is 24.8 Å². The summed E-state index contributed by atoms with van der Waals surface area (Å²) in [5.74, 6) is 2.57. The maximum Gasteiger partial charge on any atom is 0.232 e. The lowest BCUT2D eigenvalue weighted by Gasteiger charge is -2.03. The van der Waals surface area contributed by atoms with E-state index in [2.05, 4.69) is 42.3 Å². The molecule has 2 aromatic heterocycles. The highest BCUT2D eigenvalue weighted by molar-refractivity contribution is 7.05. The van der Waals surface area contributed by atoms with Crippen LogP contribution in [-0.2, 0) is 0 Å². The Labute approximate surface area is 138 Å². The molecule has 0 aliphatic rings. The molecule has 0 aliphatic carbocycles. The topological polar surface area (TPSA) is 60.0 Å². The third-order valence-corrected chi connectivity index (χ3v) is 3.09. The molecule has 5 nitrogen and oxygen atoms in total. The summed E-state index contributed by atoms with van der Waals surface area (Å²) in [6.07, 6.45) is 0. The zero-order valence-electron chi connectivity index (χ0n) is 14.3. The molecular formula is C16H29N3O2S. The van der Waals surface area contributed by atoms with E-state index >= 15 is 0 Å². The molecule has 1 N–H and O–H groups in total. The van der Waals surface area contributed by atoms with Gasteiger partial charge in [-0.15, -0.1) is 5.10 Å². The minimum atomic E-state index is 0. The van der Waals surface area contributed by atoms with Crippen LogP contribution in [0.2, 0.25) is 0 Å². The number of aromatic nitrogens is 3. The molecule has 0 spiro atoms. The SMILES string of the molecule is Cc1cc(OCC(C)C)n[nH]1.Cc1cc(OCC(C)C)ns1.[HH]. The number of hydrogen-bond donors (Lipinski definition) is 1. The molecule has 0 saturated heterocycles. The van der Waals surface area contributed by atoms with Crippen LogP contribution >= 0.6 is 11.5 Å². The highest BCUT2D eigenvalue weighted by Crippen LogP contribution is 2.15. The second kappa shape index (κ2) is 9.46. The van der Waals surface area contributed by atoms with E-state index in [9.17, 15) is 0 Å². The molecule has 2 rings (SSSR count). The molecule has 22 heavy (non-hydrogen) atoms. The Kier molecular flexibility index (Phi) is 7.95. The van der Waals surface area contributed by atoms with Crippen LogP contribution in [0.5, 0.6) is 11.8 Å². The molecule has 0 fully saturated rings. The molecule has 0 bridgehead atoms. The quantitative estimate of drug-likeness (QED) is 0.849. The monoisotopic (exact) mass is 327 g/mol. The molecule has 0 amide bonds. The molecule has 0 aromatic carbocycles. The normalized spacial score (nSPS) is 10.5. The molecule has 0 aliphatic heterocycles. The van der Waals surface area contributed by atoms with E-state index in [1.807, 2.05) is 26.0 Å². The average molecular weight is 327 g/mol. The van der Waals surface area contributed by atoms with Crippen LogP contribution in [-0.4, -0.2) is 27.8 Å². The van der Waals surface area contributed by atoms with Crippen LogP contribution in [0.3, 0.4) is 0 Å². The predicted molar refractivity (Wildman–Crippen MR) is 93.0 cm³/mol. The lowest BCUT2D eigenvalue weighted by Crippen LogP contribution is -2.04. The van der Waals surface area contributed by atoms with Gasteiger partial charge in [0.1, 0.15) is 0 Å². The maximum atomic E-state index is 5.39. The van der Waals surface area contributed by atoms with Crippen molar-refractivity contribution in [3.05, 3.63) is 22.7 Å². The van der Waals surface area contributed by atoms with Crippen molar-refractivity contribution in [2.24, 2.45) is 11.8 Å². The highest BCUT2D eigenvalue weighted by Gasteiger charge is 2.00. The number of nitrogens with one attached hydrogen (secondary N) is 1. The number of nitrogens with zero attached hydrogens (tertiary/aromatic N) is 2. The van der Waals surface area contributed by atoms with E-state index in [1.54, 1.807) is 0 Å². The molecule has 6 heteroatoms. The van der Waals surface area contributed by atoms with Gasteiger partial charge in [-0.3, -0.25) is 5.10 Å². The van der Waals surface area contributed by atoms with Crippen molar-refractivity contribution < 1.29 is 10.9 Å². The van der Waals surface area contributed by atoms with Crippen LogP contribution in [0.4, 0.5) is 0 Å². The van der Waals surface area contributed by atoms with Gasteiger partial charge in [0.25, 0.3) is 0 Å². The Morgan fingerprint density at radius 2 is 1.64 bits per heavy atom. The fourth-order valence-corrected chi connectivity index (χ4v) is 1.88. The number of H-pyrrole nitrogens is 1. The summed E-state index contributed by atoms with van der Waals surface area (Å²) < 4.78 is 14.8. The molecule has 0 radical (unpaired) electrons. The van der Waals surface area contributed by atoms with E-state index in [0.29, 0.717) is 17.7 Å². The zero-order valence-corrected chi connectivity index (χ0v) is 15.2. The minimum Gasteiger partial charge on any atom is -0.477 e. The standard InChI is InChI=1S/C8H14N2O.C8H13NOS.H2/c1-6(2)5-11-8-4-7(3)9-10-8;1-6(2)5-10-8-4-7(3)11-9-8;/h4,6H,5H2,1-3H3,(H,9,10);4,6H,5H2,1-3H3;1H. The second-order valence-corrected chi connectivity index (χ2v) is 7.08. The van der Waals surface area contributed by atoms with Gasteiger partial charge in [-0.2, -0.15) is 4.37 Å². The summed E-state index contributed by atoms with van der Waals surface area (Å²) in [6.45, 7) is 13.9. The summed E-state index contributed by atoms with van der Waals surface area (Å²) in [5.41, 5.74) is 1.03. The van der Waals surface area contributed by atoms with E-state index in [4.69, 9.17) is 9.47 Å². The van der Waals surface area contributed by atoms with Gasteiger partial charge in [0.2, 0.25) is 11.8 Å². The van der Waals surface area contributed by atoms with Crippen molar-refractivity contribution in [2.75, 3.05) is 13.2 Å². The Morgan fingerprint density at radius 3 is 2.05 bits per heavy atom. The predicted octanol–water partition coefficient (Wildman–Crippen LogP) is 4.49. The summed E-state index contributed by atoms with van der Waals surface area (Å²) >= 11 is 1.48. The molecule has 2 aromatic rings. The Balaban J connectivity index is 0.000000403. The summed E-state index contributed by atoms with van der Waals surface area (Å²) in [6, 6.07) is 3.86. The fourth-order valence-electron chi connectivity index (χ4n) is 1.38. The fraction of sp³-hybridized carbons (Fsp3) is 0.625. The van der Waals surface area contributed by atoms with Gasteiger partial charge in [-0.05, 0) is 37.2 Å². The second-order valence-electron chi connectivity index (χ2n) is 6.07. The van der Waals surface area contributed by atoms with Crippen molar-refractivity contribution in [1.82, 2.24) is 14.6 Å². The zero-order chi connectivity index (χ0) is 16.5. The Bertz CT molecular complexity index is 493. The number of rotatable bonds is 6. The molecular weight excluding hydrogens is 298 g/mol. The van der Waals surface area contributed by atoms with Crippen molar-refractivity contribution in [3.8, 4) is 11.8 Å². The molecule has 126 valence electrons. The van der Waals surface area contributed by atoms with Crippen molar-refractivity contribution in [1.29, 1.82) is 0 Å². The lowest BCUT2D eigenvalue weighted by atomic mass is 10.2. The average Bonchev–Trinajstić information content (AvgIpc) is 3.03. The van der Waals surface area contributed by atoms with E-state index in [-0.39, 0.29) is 1.43 Å². The van der Waals surface area contributed by atoms with Gasteiger partial charge in [-0.1, -0.05) is 27.7 Å². The summed E-state index contributed by atoms with van der Waals surface area (Å²) in [4.78, 5) is 1.20. The Hall–Kier alpha value is -1.56. The van der Waals surface area contributed by atoms with Gasteiger partial charge in [0.15, 0.2) is 0 Å². The van der Waals surface area contributed by atoms with Crippen LogP contribution in [0.15, 0.2) is 12.1 Å².